The minimum atomic E-state index is -0.0187. The van der Waals surface area contributed by atoms with Gasteiger partial charge >= 0.3 is 6.03 Å². The van der Waals surface area contributed by atoms with Gasteiger partial charge in [-0.05, 0) is 56.0 Å². The van der Waals surface area contributed by atoms with Gasteiger partial charge in [0.25, 0.3) is 0 Å². The second-order valence-electron chi connectivity index (χ2n) is 6.16. The SMILES string of the molecule is Cc1ccc([C@H]2CCCN2C(=O)Nc2ccc(Br)c(C)c2)cc1. The molecule has 1 saturated heterocycles. The average molecular weight is 373 g/mol. The Labute approximate surface area is 145 Å². The number of urea groups is 1. The first-order chi connectivity index (χ1) is 11.0. The Bertz CT molecular complexity index is 712. The van der Waals surface area contributed by atoms with E-state index in [1.54, 1.807) is 0 Å². The third kappa shape index (κ3) is 3.58. The topological polar surface area (TPSA) is 32.3 Å². The molecule has 2 aromatic carbocycles. The molecule has 1 heterocycles. The Balaban J connectivity index is 1.75. The van der Waals surface area contributed by atoms with Gasteiger partial charge in [-0.1, -0.05) is 45.8 Å². The lowest BCUT2D eigenvalue weighted by Crippen LogP contribution is -2.34. The summed E-state index contributed by atoms with van der Waals surface area (Å²) in [7, 11) is 0. The number of anilines is 1. The number of carbonyl (C=O) groups is 1. The molecule has 0 aromatic heterocycles. The Kier molecular flexibility index (Phi) is 4.71. The number of benzene rings is 2. The van der Waals surface area contributed by atoms with Gasteiger partial charge in [0.05, 0.1) is 6.04 Å². The normalized spacial score (nSPS) is 17.3. The average Bonchev–Trinajstić information content (AvgIpc) is 3.01. The second-order valence-corrected chi connectivity index (χ2v) is 7.01. The van der Waals surface area contributed by atoms with Crippen LogP contribution in [-0.2, 0) is 0 Å². The number of hydrogen-bond acceptors (Lipinski definition) is 1. The monoisotopic (exact) mass is 372 g/mol. The van der Waals surface area contributed by atoms with Crippen molar-refractivity contribution in [1.29, 1.82) is 0 Å². The van der Waals surface area contributed by atoms with Crippen LogP contribution in [0.25, 0.3) is 0 Å². The van der Waals surface area contributed by atoms with Gasteiger partial charge in [0.1, 0.15) is 0 Å². The predicted molar refractivity (Wildman–Crippen MR) is 97.8 cm³/mol. The van der Waals surface area contributed by atoms with Crippen molar-refractivity contribution >= 4 is 27.6 Å². The maximum Gasteiger partial charge on any atom is 0.322 e. The van der Waals surface area contributed by atoms with E-state index in [9.17, 15) is 4.79 Å². The van der Waals surface area contributed by atoms with Crippen LogP contribution in [-0.4, -0.2) is 17.5 Å². The largest absolute Gasteiger partial charge is 0.322 e. The van der Waals surface area contributed by atoms with E-state index < -0.39 is 0 Å². The third-order valence-corrected chi connectivity index (χ3v) is 5.27. The molecule has 4 heteroatoms. The number of nitrogens with one attached hydrogen (secondary N) is 1. The minimum absolute atomic E-state index is 0.0187. The summed E-state index contributed by atoms with van der Waals surface area (Å²) in [5.41, 5.74) is 4.41. The molecule has 2 aromatic rings. The summed E-state index contributed by atoms with van der Waals surface area (Å²) in [6, 6.07) is 14.5. The van der Waals surface area contributed by atoms with Crippen molar-refractivity contribution < 1.29 is 4.79 Å². The number of nitrogens with zero attached hydrogens (tertiary/aromatic N) is 1. The molecule has 0 spiro atoms. The molecule has 1 N–H and O–H groups in total. The summed E-state index contributed by atoms with van der Waals surface area (Å²) in [6.45, 7) is 4.91. The summed E-state index contributed by atoms with van der Waals surface area (Å²) in [6.07, 6.45) is 2.07. The molecule has 1 aliphatic rings. The highest BCUT2D eigenvalue weighted by Crippen LogP contribution is 2.32. The van der Waals surface area contributed by atoms with Crippen LogP contribution in [0.2, 0.25) is 0 Å². The van der Waals surface area contributed by atoms with Crippen LogP contribution in [0.3, 0.4) is 0 Å². The van der Waals surface area contributed by atoms with Gasteiger partial charge in [0.15, 0.2) is 0 Å². The van der Waals surface area contributed by atoms with Crippen LogP contribution in [0.4, 0.5) is 10.5 Å². The van der Waals surface area contributed by atoms with Gasteiger partial charge in [0, 0.05) is 16.7 Å². The maximum atomic E-state index is 12.7. The molecule has 120 valence electrons. The van der Waals surface area contributed by atoms with E-state index in [-0.39, 0.29) is 12.1 Å². The number of aryl methyl sites for hydroxylation is 2. The van der Waals surface area contributed by atoms with Gasteiger partial charge < -0.3 is 10.2 Å². The number of rotatable bonds is 2. The summed E-state index contributed by atoms with van der Waals surface area (Å²) in [4.78, 5) is 14.6. The Hall–Kier alpha value is -1.81. The summed E-state index contributed by atoms with van der Waals surface area (Å²) in [5.74, 6) is 0. The Morgan fingerprint density at radius 2 is 1.91 bits per heavy atom. The van der Waals surface area contributed by atoms with Crippen molar-refractivity contribution in [1.82, 2.24) is 4.90 Å². The van der Waals surface area contributed by atoms with Crippen LogP contribution in [0.1, 0.15) is 35.6 Å². The lowest BCUT2D eigenvalue weighted by Gasteiger charge is -2.25. The highest BCUT2D eigenvalue weighted by molar-refractivity contribution is 9.10. The van der Waals surface area contributed by atoms with Gasteiger partial charge in [-0.15, -0.1) is 0 Å². The first-order valence-corrected chi connectivity index (χ1v) is 8.74. The van der Waals surface area contributed by atoms with E-state index in [2.05, 4.69) is 52.4 Å². The van der Waals surface area contributed by atoms with Gasteiger partial charge in [0.2, 0.25) is 0 Å². The van der Waals surface area contributed by atoms with E-state index in [1.807, 2.05) is 30.0 Å². The van der Waals surface area contributed by atoms with Crippen LogP contribution >= 0.6 is 15.9 Å². The molecule has 0 bridgehead atoms. The summed E-state index contributed by atoms with van der Waals surface area (Å²) >= 11 is 3.48. The van der Waals surface area contributed by atoms with E-state index in [0.717, 1.165) is 35.1 Å². The molecule has 1 fully saturated rings. The fraction of sp³-hybridized carbons (Fsp3) is 0.316. The molecular weight excluding hydrogens is 352 g/mol. The molecule has 1 atom stereocenters. The zero-order chi connectivity index (χ0) is 16.4. The summed E-state index contributed by atoms with van der Waals surface area (Å²) < 4.78 is 1.05. The molecule has 0 unspecified atom stereocenters. The standard InChI is InChI=1S/C19H21BrN2O/c1-13-5-7-15(8-6-13)18-4-3-11-22(18)19(23)21-16-9-10-17(20)14(2)12-16/h5-10,12,18H,3-4,11H2,1-2H3,(H,21,23)/t18-/m1/s1. The molecular formula is C19H21BrN2O. The first-order valence-electron chi connectivity index (χ1n) is 7.95. The molecule has 1 aliphatic heterocycles. The predicted octanol–water partition coefficient (Wildman–Crippen LogP) is 5.43. The lowest BCUT2D eigenvalue weighted by molar-refractivity contribution is 0.207. The number of carbonyl (C=O) groups excluding carboxylic acids is 1. The highest BCUT2D eigenvalue weighted by atomic mass is 79.9. The number of likely N-dealkylation sites (tertiary alicyclic amines) is 1. The van der Waals surface area contributed by atoms with Crippen molar-refractivity contribution in [2.75, 3.05) is 11.9 Å². The maximum absolute atomic E-state index is 12.7. The van der Waals surface area contributed by atoms with Crippen LogP contribution in [0.15, 0.2) is 46.9 Å². The third-order valence-electron chi connectivity index (χ3n) is 4.39. The number of hydrogen-bond donors (Lipinski definition) is 1. The molecule has 0 aliphatic carbocycles. The molecule has 0 radical (unpaired) electrons. The van der Waals surface area contributed by atoms with Crippen molar-refractivity contribution in [3.8, 4) is 0 Å². The second kappa shape index (κ2) is 6.75. The molecule has 23 heavy (non-hydrogen) atoms. The lowest BCUT2D eigenvalue weighted by atomic mass is 10.0. The fourth-order valence-electron chi connectivity index (χ4n) is 3.06. The molecule has 3 rings (SSSR count). The van der Waals surface area contributed by atoms with E-state index in [0.29, 0.717) is 0 Å². The van der Waals surface area contributed by atoms with Crippen molar-refractivity contribution in [2.45, 2.75) is 32.7 Å². The molecule has 2 amide bonds. The first kappa shape index (κ1) is 16.1. The van der Waals surface area contributed by atoms with Gasteiger partial charge in [-0.3, -0.25) is 0 Å². The van der Waals surface area contributed by atoms with Crippen LogP contribution in [0, 0.1) is 13.8 Å². The van der Waals surface area contributed by atoms with Crippen LogP contribution < -0.4 is 5.32 Å². The van der Waals surface area contributed by atoms with Crippen molar-refractivity contribution in [2.24, 2.45) is 0 Å². The number of halogens is 1. The minimum Gasteiger partial charge on any atom is -0.317 e. The zero-order valence-corrected chi connectivity index (χ0v) is 15.1. The highest BCUT2D eigenvalue weighted by Gasteiger charge is 2.29. The van der Waals surface area contributed by atoms with E-state index in [4.69, 9.17) is 0 Å². The van der Waals surface area contributed by atoms with Crippen LogP contribution in [0.5, 0.6) is 0 Å². The fourth-order valence-corrected chi connectivity index (χ4v) is 3.31. The van der Waals surface area contributed by atoms with Crippen molar-refractivity contribution in [3.05, 3.63) is 63.6 Å². The number of amides is 2. The quantitative estimate of drug-likeness (QED) is 0.748. The molecule has 3 nitrogen and oxygen atoms in total. The molecule has 0 saturated carbocycles. The Morgan fingerprint density at radius 3 is 2.61 bits per heavy atom. The zero-order valence-electron chi connectivity index (χ0n) is 13.5. The van der Waals surface area contributed by atoms with Crippen molar-refractivity contribution in [3.63, 3.8) is 0 Å². The Morgan fingerprint density at radius 1 is 1.17 bits per heavy atom. The van der Waals surface area contributed by atoms with Gasteiger partial charge in [-0.25, -0.2) is 4.79 Å². The van der Waals surface area contributed by atoms with E-state index in [1.165, 1.54) is 11.1 Å². The summed E-state index contributed by atoms with van der Waals surface area (Å²) in [5, 5.41) is 3.03. The van der Waals surface area contributed by atoms with Gasteiger partial charge in [-0.2, -0.15) is 0 Å². The van der Waals surface area contributed by atoms with E-state index >= 15 is 0 Å². The smallest absolute Gasteiger partial charge is 0.317 e.